The van der Waals surface area contributed by atoms with Gasteiger partial charge in [0.05, 0.1) is 31.0 Å². The minimum absolute atomic E-state index is 0.0878. The summed E-state index contributed by atoms with van der Waals surface area (Å²) in [6.07, 6.45) is 0.550. The number of carbonyl (C=O) groups is 2. The van der Waals surface area contributed by atoms with E-state index in [0.29, 0.717) is 10.9 Å². The lowest BCUT2D eigenvalue weighted by Crippen LogP contribution is -2.17. The second kappa shape index (κ2) is 10.4. The molecule has 0 unspecified atom stereocenters. The van der Waals surface area contributed by atoms with E-state index in [1.807, 2.05) is 0 Å². The fourth-order valence-corrected chi connectivity index (χ4v) is 3.66. The maximum atomic E-state index is 15.2. The van der Waals surface area contributed by atoms with E-state index in [2.05, 4.69) is 10.3 Å². The Morgan fingerprint density at radius 3 is 2.42 bits per heavy atom. The number of rotatable bonds is 7. The van der Waals surface area contributed by atoms with Gasteiger partial charge in [0.25, 0.3) is 5.91 Å². The number of nitrogens with zero attached hydrogens (tertiary/aromatic N) is 1. The molecule has 0 aliphatic heterocycles. The van der Waals surface area contributed by atoms with Crippen molar-refractivity contribution in [1.29, 1.82) is 0 Å². The number of anilines is 1. The summed E-state index contributed by atoms with van der Waals surface area (Å²) in [5.74, 6) is -1.50. The summed E-state index contributed by atoms with van der Waals surface area (Å²) < 4.78 is 36.7. The standard InChI is InChI=1S/C25H19ClFN3O6/c1-33-20-12-17-14(10-15(20)24(28)31)19(8-9-29-17)36-22-16(27)11-18(21(26)23(22)34-2)30-25(32)35-13-6-4-3-5-7-13/h3-12H,1-2H3,(H2,28,31)(H,30,32). The number of ether oxygens (including phenoxy) is 4. The van der Waals surface area contributed by atoms with Gasteiger partial charge in [0, 0.05) is 23.7 Å². The van der Waals surface area contributed by atoms with Crippen molar-refractivity contribution in [2.45, 2.75) is 0 Å². The number of hydrogen-bond acceptors (Lipinski definition) is 7. The SMILES string of the molecule is COc1cc2nccc(Oc3c(F)cc(NC(=O)Oc4ccccc4)c(Cl)c3OC)c2cc1C(N)=O. The molecule has 0 radical (unpaired) electrons. The third-order valence-corrected chi connectivity index (χ3v) is 5.40. The van der Waals surface area contributed by atoms with E-state index < -0.39 is 17.8 Å². The van der Waals surface area contributed by atoms with Crippen LogP contribution in [0.1, 0.15) is 10.4 Å². The predicted molar refractivity (Wildman–Crippen MR) is 131 cm³/mol. The number of benzene rings is 3. The zero-order valence-electron chi connectivity index (χ0n) is 19.0. The van der Waals surface area contributed by atoms with E-state index in [4.69, 9.17) is 36.3 Å². The van der Waals surface area contributed by atoms with E-state index in [9.17, 15) is 9.59 Å². The maximum absolute atomic E-state index is 15.2. The fourth-order valence-electron chi connectivity index (χ4n) is 3.39. The minimum atomic E-state index is -0.889. The highest BCUT2D eigenvalue weighted by Gasteiger charge is 2.23. The van der Waals surface area contributed by atoms with Crippen LogP contribution in [0.4, 0.5) is 14.9 Å². The summed E-state index contributed by atoms with van der Waals surface area (Å²) in [5.41, 5.74) is 5.85. The third kappa shape index (κ3) is 4.93. The number of para-hydroxylation sites is 1. The van der Waals surface area contributed by atoms with E-state index in [-0.39, 0.29) is 45.0 Å². The van der Waals surface area contributed by atoms with Crippen molar-refractivity contribution >= 4 is 40.2 Å². The normalized spacial score (nSPS) is 10.6. The topological polar surface area (TPSA) is 122 Å². The monoisotopic (exact) mass is 511 g/mol. The molecule has 3 aromatic carbocycles. The second-order valence-corrected chi connectivity index (χ2v) is 7.63. The molecule has 0 saturated carbocycles. The molecule has 0 bridgehead atoms. The Kier molecular flexibility index (Phi) is 7.07. The summed E-state index contributed by atoms with van der Waals surface area (Å²) in [7, 11) is 2.65. The number of halogens is 2. The molecule has 3 N–H and O–H groups in total. The number of amides is 2. The number of nitrogens with two attached hydrogens (primary N) is 1. The van der Waals surface area contributed by atoms with Crippen molar-refractivity contribution in [1.82, 2.24) is 4.98 Å². The number of pyridine rings is 1. The molecule has 9 nitrogen and oxygen atoms in total. The Balaban J connectivity index is 1.70. The molecule has 4 aromatic rings. The van der Waals surface area contributed by atoms with Crippen LogP contribution in [-0.4, -0.2) is 31.2 Å². The van der Waals surface area contributed by atoms with Crippen molar-refractivity contribution in [2.75, 3.05) is 19.5 Å². The van der Waals surface area contributed by atoms with Gasteiger partial charge >= 0.3 is 6.09 Å². The van der Waals surface area contributed by atoms with Gasteiger partial charge in [-0.2, -0.15) is 0 Å². The molecular weight excluding hydrogens is 493 g/mol. The highest BCUT2D eigenvalue weighted by molar-refractivity contribution is 6.35. The number of nitrogens with one attached hydrogen (secondary N) is 1. The van der Waals surface area contributed by atoms with Crippen LogP contribution in [0, 0.1) is 5.82 Å². The van der Waals surface area contributed by atoms with Crippen LogP contribution >= 0.6 is 11.6 Å². The van der Waals surface area contributed by atoms with Crippen molar-refractivity contribution in [3.8, 4) is 28.7 Å². The van der Waals surface area contributed by atoms with Crippen LogP contribution < -0.4 is 30.0 Å². The van der Waals surface area contributed by atoms with Crippen LogP contribution in [0.15, 0.2) is 60.8 Å². The minimum Gasteiger partial charge on any atom is -0.496 e. The smallest absolute Gasteiger partial charge is 0.417 e. The average Bonchev–Trinajstić information content (AvgIpc) is 2.87. The van der Waals surface area contributed by atoms with E-state index in [0.717, 1.165) is 6.07 Å². The molecule has 1 aromatic heterocycles. The molecule has 4 rings (SSSR count). The van der Waals surface area contributed by atoms with Gasteiger partial charge in [-0.15, -0.1) is 0 Å². The largest absolute Gasteiger partial charge is 0.496 e. The summed E-state index contributed by atoms with van der Waals surface area (Å²) in [4.78, 5) is 28.4. The number of hydrogen-bond donors (Lipinski definition) is 2. The first-order chi connectivity index (χ1) is 17.3. The Hall–Kier alpha value is -4.57. The van der Waals surface area contributed by atoms with Gasteiger partial charge < -0.3 is 24.7 Å². The van der Waals surface area contributed by atoms with Crippen LogP contribution in [0.3, 0.4) is 0 Å². The molecule has 0 aliphatic carbocycles. The Morgan fingerprint density at radius 1 is 1.00 bits per heavy atom. The van der Waals surface area contributed by atoms with Crippen molar-refractivity contribution < 1.29 is 32.9 Å². The lowest BCUT2D eigenvalue weighted by Gasteiger charge is -2.17. The first-order valence-electron chi connectivity index (χ1n) is 10.4. The highest BCUT2D eigenvalue weighted by Crippen LogP contribution is 2.45. The van der Waals surface area contributed by atoms with Gasteiger partial charge in [-0.05, 0) is 24.3 Å². The van der Waals surface area contributed by atoms with E-state index >= 15 is 4.39 Å². The summed E-state index contributed by atoms with van der Waals surface area (Å²) in [6.45, 7) is 0. The maximum Gasteiger partial charge on any atom is 0.417 e. The van der Waals surface area contributed by atoms with Crippen LogP contribution in [0.5, 0.6) is 28.7 Å². The summed E-state index contributed by atoms with van der Waals surface area (Å²) in [5, 5.41) is 2.62. The van der Waals surface area contributed by atoms with Gasteiger partial charge in [-0.1, -0.05) is 29.8 Å². The number of methoxy groups -OCH3 is 2. The summed E-state index contributed by atoms with van der Waals surface area (Å²) >= 11 is 6.39. The van der Waals surface area contributed by atoms with Gasteiger partial charge in [0.1, 0.15) is 22.3 Å². The van der Waals surface area contributed by atoms with Gasteiger partial charge in [0.2, 0.25) is 5.75 Å². The van der Waals surface area contributed by atoms with E-state index in [1.165, 1.54) is 38.6 Å². The number of aromatic nitrogens is 1. The van der Waals surface area contributed by atoms with Crippen LogP contribution in [0.2, 0.25) is 5.02 Å². The second-order valence-electron chi connectivity index (χ2n) is 7.25. The Bertz CT molecular complexity index is 1470. The predicted octanol–water partition coefficient (Wildman–Crippen LogP) is 5.55. The van der Waals surface area contributed by atoms with Crippen molar-refractivity contribution in [3.05, 3.63) is 77.2 Å². The molecule has 1 heterocycles. The molecule has 0 saturated heterocycles. The van der Waals surface area contributed by atoms with Crippen LogP contribution in [0.25, 0.3) is 10.9 Å². The molecule has 36 heavy (non-hydrogen) atoms. The lowest BCUT2D eigenvalue weighted by molar-refractivity contribution is 0.0997. The Labute approximate surface area is 209 Å². The zero-order chi connectivity index (χ0) is 25.8. The first kappa shape index (κ1) is 24.6. The van der Waals surface area contributed by atoms with Gasteiger partial charge in [-0.3, -0.25) is 15.1 Å². The number of primary amides is 1. The number of fused-ring (bicyclic) bond motifs is 1. The third-order valence-electron chi connectivity index (χ3n) is 5.02. The quantitative estimate of drug-likeness (QED) is 0.333. The highest BCUT2D eigenvalue weighted by atomic mass is 35.5. The molecule has 0 atom stereocenters. The molecule has 0 spiro atoms. The molecule has 184 valence electrons. The lowest BCUT2D eigenvalue weighted by atomic mass is 10.1. The zero-order valence-corrected chi connectivity index (χ0v) is 19.8. The molecular formula is C25H19ClFN3O6. The van der Waals surface area contributed by atoms with Crippen molar-refractivity contribution in [2.24, 2.45) is 5.73 Å². The van der Waals surface area contributed by atoms with E-state index in [1.54, 1.807) is 30.3 Å². The fraction of sp³-hybridized carbons (Fsp3) is 0.0800. The Morgan fingerprint density at radius 2 is 1.75 bits per heavy atom. The summed E-state index contributed by atoms with van der Waals surface area (Å²) in [6, 6.07) is 13.7. The van der Waals surface area contributed by atoms with Crippen LogP contribution in [-0.2, 0) is 0 Å². The molecule has 0 fully saturated rings. The van der Waals surface area contributed by atoms with Gasteiger partial charge in [-0.25, -0.2) is 9.18 Å². The molecule has 0 aliphatic rings. The number of carbonyl (C=O) groups excluding carboxylic acids is 2. The first-order valence-corrected chi connectivity index (χ1v) is 10.7. The van der Waals surface area contributed by atoms with Gasteiger partial charge in [0.15, 0.2) is 11.6 Å². The average molecular weight is 512 g/mol. The molecule has 2 amide bonds. The van der Waals surface area contributed by atoms with Crippen molar-refractivity contribution in [3.63, 3.8) is 0 Å². The molecule has 11 heteroatoms.